The van der Waals surface area contributed by atoms with Gasteiger partial charge in [-0.3, -0.25) is 4.68 Å². The molecular formula is C15H20BrN3O. The maximum atomic E-state index is 5.65. The number of ether oxygens (including phenoxy) is 1. The number of benzene rings is 1. The van der Waals surface area contributed by atoms with Gasteiger partial charge in [-0.2, -0.15) is 5.10 Å². The Balaban J connectivity index is 2.26. The van der Waals surface area contributed by atoms with Crippen molar-refractivity contribution >= 4 is 15.9 Å². The van der Waals surface area contributed by atoms with Gasteiger partial charge in [0.05, 0.1) is 23.8 Å². The Hall–Kier alpha value is -1.33. The van der Waals surface area contributed by atoms with Crippen LogP contribution in [0.1, 0.15) is 22.5 Å². The van der Waals surface area contributed by atoms with Gasteiger partial charge in [0.1, 0.15) is 5.75 Å². The maximum Gasteiger partial charge on any atom is 0.133 e. The molecule has 4 nitrogen and oxygen atoms in total. The number of rotatable bonds is 5. The highest BCUT2D eigenvalue weighted by Crippen LogP contribution is 2.26. The van der Waals surface area contributed by atoms with E-state index in [0.717, 1.165) is 28.9 Å². The molecule has 2 rings (SSSR count). The van der Waals surface area contributed by atoms with Crippen molar-refractivity contribution in [3.63, 3.8) is 0 Å². The number of nitrogens with zero attached hydrogens (tertiary/aromatic N) is 2. The molecule has 0 fully saturated rings. The van der Waals surface area contributed by atoms with Gasteiger partial charge in [0, 0.05) is 5.69 Å². The van der Waals surface area contributed by atoms with Gasteiger partial charge in [-0.15, -0.1) is 0 Å². The molecular weight excluding hydrogens is 318 g/mol. The Morgan fingerprint density at radius 2 is 2.10 bits per heavy atom. The SMILES string of the molecule is COc1ccc(Cn2nc(C)c(CCN)c2C)cc1Br. The number of aromatic nitrogens is 2. The van der Waals surface area contributed by atoms with Gasteiger partial charge in [0.15, 0.2) is 0 Å². The summed E-state index contributed by atoms with van der Waals surface area (Å²) < 4.78 is 8.24. The Morgan fingerprint density at radius 1 is 1.35 bits per heavy atom. The predicted molar refractivity (Wildman–Crippen MR) is 84.3 cm³/mol. The first-order chi connectivity index (χ1) is 9.56. The summed E-state index contributed by atoms with van der Waals surface area (Å²) in [6.07, 6.45) is 0.879. The summed E-state index contributed by atoms with van der Waals surface area (Å²) in [5.41, 5.74) is 10.4. The van der Waals surface area contributed by atoms with E-state index in [2.05, 4.69) is 40.1 Å². The molecule has 0 saturated carbocycles. The van der Waals surface area contributed by atoms with E-state index >= 15 is 0 Å². The Bertz CT molecular complexity index is 607. The molecule has 108 valence electrons. The molecule has 0 aliphatic rings. The number of hydrogen-bond acceptors (Lipinski definition) is 3. The quantitative estimate of drug-likeness (QED) is 0.912. The lowest BCUT2D eigenvalue weighted by Gasteiger charge is -2.08. The first-order valence-corrected chi connectivity index (χ1v) is 7.41. The van der Waals surface area contributed by atoms with Crippen LogP contribution >= 0.6 is 15.9 Å². The van der Waals surface area contributed by atoms with Crippen LogP contribution in [0.25, 0.3) is 0 Å². The summed E-state index contributed by atoms with van der Waals surface area (Å²) in [4.78, 5) is 0. The zero-order valence-electron chi connectivity index (χ0n) is 12.1. The summed E-state index contributed by atoms with van der Waals surface area (Å²) in [6.45, 7) is 5.54. The third-order valence-electron chi connectivity index (χ3n) is 3.47. The number of nitrogens with two attached hydrogens (primary N) is 1. The van der Waals surface area contributed by atoms with Crippen molar-refractivity contribution in [1.29, 1.82) is 0 Å². The molecule has 1 aromatic carbocycles. The number of methoxy groups -OCH3 is 1. The van der Waals surface area contributed by atoms with Crippen molar-refractivity contribution < 1.29 is 4.74 Å². The Kier molecular flexibility index (Phi) is 4.83. The van der Waals surface area contributed by atoms with Gasteiger partial charge >= 0.3 is 0 Å². The van der Waals surface area contributed by atoms with Crippen LogP contribution in [0.5, 0.6) is 5.75 Å². The Labute approximate surface area is 128 Å². The third kappa shape index (κ3) is 3.04. The molecule has 0 aliphatic carbocycles. The molecule has 0 radical (unpaired) electrons. The van der Waals surface area contributed by atoms with Crippen molar-refractivity contribution in [2.45, 2.75) is 26.8 Å². The van der Waals surface area contributed by atoms with Crippen molar-refractivity contribution in [3.05, 3.63) is 45.2 Å². The van der Waals surface area contributed by atoms with Gasteiger partial charge in [-0.05, 0) is 66.0 Å². The summed E-state index contributed by atoms with van der Waals surface area (Å²) in [5, 5.41) is 4.61. The van der Waals surface area contributed by atoms with Crippen molar-refractivity contribution in [1.82, 2.24) is 9.78 Å². The van der Waals surface area contributed by atoms with Crippen molar-refractivity contribution in [3.8, 4) is 5.75 Å². The second kappa shape index (κ2) is 6.41. The van der Waals surface area contributed by atoms with Crippen LogP contribution in [0, 0.1) is 13.8 Å². The van der Waals surface area contributed by atoms with Crippen LogP contribution in [0.3, 0.4) is 0 Å². The van der Waals surface area contributed by atoms with Gasteiger partial charge in [0.2, 0.25) is 0 Å². The fourth-order valence-electron chi connectivity index (χ4n) is 2.38. The fourth-order valence-corrected chi connectivity index (χ4v) is 2.96. The average molecular weight is 338 g/mol. The highest BCUT2D eigenvalue weighted by Gasteiger charge is 2.11. The third-order valence-corrected chi connectivity index (χ3v) is 4.09. The van der Waals surface area contributed by atoms with Crippen LogP contribution in [-0.2, 0) is 13.0 Å². The predicted octanol–water partition coefficient (Wildman–Crippen LogP) is 2.82. The van der Waals surface area contributed by atoms with Crippen LogP contribution < -0.4 is 10.5 Å². The monoisotopic (exact) mass is 337 g/mol. The molecule has 2 aromatic rings. The van der Waals surface area contributed by atoms with E-state index in [-0.39, 0.29) is 0 Å². The van der Waals surface area contributed by atoms with Gasteiger partial charge in [-0.25, -0.2) is 0 Å². The second-order valence-corrected chi connectivity index (χ2v) is 5.67. The maximum absolute atomic E-state index is 5.65. The van der Waals surface area contributed by atoms with E-state index in [1.165, 1.54) is 16.8 Å². The normalized spacial score (nSPS) is 10.8. The molecule has 0 saturated heterocycles. The molecule has 5 heteroatoms. The number of aryl methyl sites for hydroxylation is 1. The molecule has 0 spiro atoms. The standard InChI is InChI=1S/C15H20BrN3O/c1-10-13(6-7-17)11(2)19(18-10)9-12-4-5-15(20-3)14(16)8-12/h4-5,8H,6-7,9,17H2,1-3H3. The second-order valence-electron chi connectivity index (χ2n) is 4.81. The zero-order valence-corrected chi connectivity index (χ0v) is 13.7. The summed E-state index contributed by atoms with van der Waals surface area (Å²) >= 11 is 3.51. The molecule has 2 N–H and O–H groups in total. The Morgan fingerprint density at radius 3 is 2.70 bits per heavy atom. The van der Waals surface area contributed by atoms with Crippen LogP contribution in [0.4, 0.5) is 0 Å². The van der Waals surface area contributed by atoms with E-state index in [4.69, 9.17) is 10.5 Å². The molecule has 0 bridgehead atoms. The average Bonchev–Trinajstić information content (AvgIpc) is 2.67. The molecule has 0 aliphatic heterocycles. The lowest BCUT2D eigenvalue weighted by atomic mass is 10.1. The summed E-state index contributed by atoms with van der Waals surface area (Å²) in [7, 11) is 1.67. The topological polar surface area (TPSA) is 53.1 Å². The largest absolute Gasteiger partial charge is 0.496 e. The summed E-state index contributed by atoms with van der Waals surface area (Å²) in [6, 6.07) is 6.09. The van der Waals surface area contributed by atoms with E-state index in [1.54, 1.807) is 7.11 Å². The van der Waals surface area contributed by atoms with Crippen molar-refractivity contribution in [2.24, 2.45) is 5.73 Å². The first-order valence-electron chi connectivity index (χ1n) is 6.62. The van der Waals surface area contributed by atoms with Gasteiger partial charge in [0.25, 0.3) is 0 Å². The molecule has 0 amide bonds. The fraction of sp³-hybridized carbons (Fsp3) is 0.400. The molecule has 1 heterocycles. The van der Waals surface area contributed by atoms with Crippen LogP contribution in [0.2, 0.25) is 0 Å². The first kappa shape index (κ1) is 15.1. The number of hydrogen-bond donors (Lipinski definition) is 1. The lowest BCUT2D eigenvalue weighted by molar-refractivity contribution is 0.412. The van der Waals surface area contributed by atoms with E-state index in [1.807, 2.05) is 17.7 Å². The lowest BCUT2D eigenvalue weighted by Crippen LogP contribution is -2.06. The summed E-state index contributed by atoms with van der Waals surface area (Å²) in [5.74, 6) is 0.839. The van der Waals surface area contributed by atoms with E-state index in [0.29, 0.717) is 6.54 Å². The molecule has 0 unspecified atom stereocenters. The zero-order chi connectivity index (χ0) is 14.7. The van der Waals surface area contributed by atoms with Crippen LogP contribution in [0.15, 0.2) is 22.7 Å². The van der Waals surface area contributed by atoms with Crippen molar-refractivity contribution in [2.75, 3.05) is 13.7 Å². The minimum atomic E-state index is 0.654. The highest BCUT2D eigenvalue weighted by molar-refractivity contribution is 9.10. The van der Waals surface area contributed by atoms with E-state index < -0.39 is 0 Å². The highest BCUT2D eigenvalue weighted by atomic mass is 79.9. The molecule has 1 aromatic heterocycles. The van der Waals surface area contributed by atoms with Crippen LogP contribution in [-0.4, -0.2) is 23.4 Å². The van der Waals surface area contributed by atoms with E-state index in [9.17, 15) is 0 Å². The molecule has 20 heavy (non-hydrogen) atoms. The van der Waals surface area contributed by atoms with Gasteiger partial charge < -0.3 is 10.5 Å². The smallest absolute Gasteiger partial charge is 0.133 e. The van der Waals surface area contributed by atoms with Gasteiger partial charge in [-0.1, -0.05) is 6.07 Å². The minimum Gasteiger partial charge on any atom is -0.496 e. The number of halogens is 1. The minimum absolute atomic E-state index is 0.654. The molecule has 0 atom stereocenters.